The summed E-state index contributed by atoms with van der Waals surface area (Å²) in [6.45, 7) is 1.78. The molecule has 0 aromatic rings. The number of ether oxygens (including phenoxy) is 1. The largest absolute Gasteiger partial charge is 0.374 e. The first-order valence-electron chi connectivity index (χ1n) is 7.33. The third-order valence-corrected chi connectivity index (χ3v) is 4.78. The molecule has 0 bridgehead atoms. The van der Waals surface area contributed by atoms with E-state index >= 15 is 0 Å². The van der Waals surface area contributed by atoms with Crippen molar-refractivity contribution in [1.29, 1.82) is 5.41 Å². The van der Waals surface area contributed by atoms with Crippen LogP contribution in [0.2, 0.25) is 0 Å². The number of hydrogen-bond donors (Lipinski definition) is 1. The number of amidine groups is 1. The van der Waals surface area contributed by atoms with Gasteiger partial charge in [-0.3, -0.25) is 5.41 Å². The summed E-state index contributed by atoms with van der Waals surface area (Å²) in [4.78, 5) is 2.39. The maximum Gasteiger partial charge on any atom is 0.0993 e. The Morgan fingerprint density at radius 3 is 2.65 bits per heavy atom. The van der Waals surface area contributed by atoms with Gasteiger partial charge in [-0.2, -0.15) is 0 Å². The second-order valence-corrected chi connectivity index (χ2v) is 5.82. The Kier molecular flexibility index (Phi) is 3.37. The SMILES string of the molecule is N=C(C1CCCCC1)N1CCOC2CCCC21. The number of nitrogens with zero attached hydrogens (tertiary/aromatic N) is 1. The number of hydrogen-bond acceptors (Lipinski definition) is 2. The summed E-state index contributed by atoms with van der Waals surface area (Å²) in [7, 11) is 0. The van der Waals surface area contributed by atoms with Gasteiger partial charge in [-0.25, -0.2) is 0 Å². The topological polar surface area (TPSA) is 36.3 Å². The molecule has 1 N–H and O–H groups in total. The maximum atomic E-state index is 8.50. The minimum atomic E-state index is 0.424. The molecule has 1 heterocycles. The van der Waals surface area contributed by atoms with Crippen molar-refractivity contribution in [3.63, 3.8) is 0 Å². The van der Waals surface area contributed by atoms with E-state index in [1.54, 1.807) is 0 Å². The van der Waals surface area contributed by atoms with Crippen molar-refractivity contribution < 1.29 is 4.74 Å². The van der Waals surface area contributed by atoms with Gasteiger partial charge in [-0.1, -0.05) is 19.3 Å². The van der Waals surface area contributed by atoms with E-state index in [1.807, 2.05) is 0 Å². The van der Waals surface area contributed by atoms with Crippen LogP contribution in [0.25, 0.3) is 0 Å². The summed E-state index contributed by atoms with van der Waals surface area (Å²) in [5, 5.41) is 8.50. The van der Waals surface area contributed by atoms with Crippen LogP contribution in [0.5, 0.6) is 0 Å². The van der Waals surface area contributed by atoms with Gasteiger partial charge in [0.25, 0.3) is 0 Å². The molecular weight excluding hydrogens is 212 g/mol. The van der Waals surface area contributed by atoms with Gasteiger partial charge in [-0.15, -0.1) is 0 Å². The number of nitrogens with one attached hydrogen (secondary N) is 1. The molecule has 1 aliphatic heterocycles. The summed E-state index contributed by atoms with van der Waals surface area (Å²) in [6.07, 6.45) is 10.7. The second kappa shape index (κ2) is 4.97. The zero-order chi connectivity index (χ0) is 11.7. The molecule has 1 saturated heterocycles. The summed E-state index contributed by atoms with van der Waals surface area (Å²) >= 11 is 0. The van der Waals surface area contributed by atoms with E-state index in [0.717, 1.165) is 19.0 Å². The normalized spacial score (nSPS) is 34.7. The number of morpholine rings is 1. The lowest BCUT2D eigenvalue weighted by molar-refractivity contribution is -0.0316. The van der Waals surface area contributed by atoms with Crippen molar-refractivity contribution in [3.05, 3.63) is 0 Å². The molecule has 0 aromatic carbocycles. The average Bonchev–Trinajstić information content (AvgIpc) is 2.87. The smallest absolute Gasteiger partial charge is 0.0993 e. The van der Waals surface area contributed by atoms with Crippen molar-refractivity contribution in [1.82, 2.24) is 4.90 Å². The molecule has 0 aromatic heterocycles. The van der Waals surface area contributed by atoms with Gasteiger partial charge in [0, 0.05) is 12.5 Å². The fourth-order valence-corrected chi connectivity index (χ4v) is 3.84. The lowest BCUT2D eigenvalue weighted by atomic mass is 9.87. The fourth-order valence-electron chi connectivity index (χ4n) is 3.84. The molecule has 2 saturated carbocycles. The molecular formula is C14H24N2O. The molecule has 17 heavy (non-hydrogen) atoms. The average molecular weight is 236 g/mol. The highest BCUT2D eigenvalue weighted by atomic mass is 16.5. The van der Waals surface area contributed by atoms with Crippen LogP contribution in [0.15, 0.2) is 0 Å². The molecule has 0 radical (unpaired) electrons. The Bertz CT molecular complexity index is 286. The fraction of sp³-hybridized carbons (Fsp3) is 0.929. The number of rotatable bonds is 1. The van der Waals surface area contributed by atoms with Gasteiger partial charge in [0.05, 0.1) is 24.6 Å². The van der Waals surface area contributed by atoms with Crippen LogP contribution in [0.4, 0.5) is 0 Å². The molecule has 0 amide bonds. The molecule has 2 atom stereocenters. The highest BCUT2D eigenvalue weighted by Gasteiger charge is 2.38. The van der Waals surface area contributed by atoms with Crippen LogP contribution in [0.3, 0.4) is 0 Å². The first-order valence-corrected chi connectivity index (χ1v) is 7.33. The van der Waals surface area contributed by atoms with Gasteiger partial charge < -0.3 is 9.64 Å². The number of fused-ring (bicyclic) bond motifs is 1. The first kappa shape index (κ1) is 11.5. The summed E-state index contributed by atoms with van der Waals surface area (Å²) < 4.78 is 5.83. The van der Waals surface area contributed by atoms with Gasteiger partial charge >= 0.3 is 0 Å². The Morgan fingerprint density at radius 1 is 1.00 bits per heavy atom. The monoisotopic (exact) mass is 236 g/mol. The van der Waals surface area contributed by atoms with Crippen molar-refractivity contribution >= 4 is 5.84 Å². The molecule has 3 fully saturated rings. The van der Waals surface area contributed by atoms with Crippen LogP contribution in [0, 0.1) is 11.3 Å². The maximum absolute atomic E-state index is 8.50. The molecule has 2 aliphatic carbocycles. The van der Waals surface area contributed by atoms with Crippen LogP contribution >= 0.6 is 0 Å². The Labute approximate surface area is 104 Å². The first-order chi connectivity index (χ1) is 8.36. The zero-order valence-corrected chi connectivity index (χ0v) is 10.7. The van der Waals surface area contributed by atoms with Crippen LogP contribution in [-0.2, 0) is 4.74 Å². The zero-order valence-electron chi connectivity index (χ0n) is 10.7. The summed E-state index contributed by atoms with van der Waals surface area (Å²) in [6, 6.07) is 0.526. The second-order valence-electron chi connectivity index (χ2n) is 5.82. The van der Waals surface area contributed by atoms with Crippen LogP contribution in [-0.4, -0.2) is 36.0 Å². The van der Waals surface area contributed by atoms with Gasteiger partial charge in [0.15, 0.2) is 0 Å². The summed E-state index contributed by atoms with van der Waals surface area (Å²) in [5.74, 6) is 1.48. The van der Waals surface area contributed by atoms with E-state index in [2.05, 4.69) is 4.90 Å². The van der Waals surface area contributed by atoms with E-state index in [0.29, 0.717) is 18.1 Å². The minimum Gasteiger partial charge on any atom is -0.374 e. The Morgan fingerprint density at radius 2 is 1.82 bits per heavy atom. The third-order valence-electron chi connectivity index (χ3n) is 4.78. The molecule has 2 unspecified atom stereocenters. The Hall–Kier alpha value is -0.570. The third kappa shape index (κ3) is 2.22. The van der Waals surface area contributed by atoms with E-state index in [4.69, 9.17) is 10.1 Å². The van der Waals surface area contributed by atoms with E-state index in [1.165, 1.54) is 51.4 Å². The highest BCUT2D eigenvalue weighted by Crippen LogP contribution is 2.33. The molecule has 0 spiro atoms. The van der Waals surface area contributed by atoms with E-state index in [-0.39, 0.29) is 0 Å². The van der Waals surface area contributed by atoms with Crippen molar-refractivity contribution in [2.24, 2.45) is 5.92 Å². The molecule has 3 rings (SSSR count). The predicted molar refractivity (Wildman–Crippen MR) is 68.4 cm³/mol. The highest BCUT2D eigenvalue weighted by molar-refractivity contribution is 5.82. The van der Waals surface area contributed by atoms with Gasteiger partial charge in [0.2, 0.25) is 0 Å². The Balaban J connectivity index is 1.67. The minimum absolute atomic E-state index is 0.424. The van der Waals surface area contributed by atoms with E-state index < -0.39 is 0 Å². The van der Waals surface area contributed by atoms with E-state index in [9.17, 15) is 0 Å². The standard InChI is InChI=1S/C14H24N2O/c15-14(11-5-2-1-3-6-11)16-9-10-17-13-8-4-7-12(13)16/h11-13,15H,1-10H2. The van der Waals surface area contributed by atoms with Gasteiger partial charge in [0.1, 0.15) is 0 Å². The van der Waals surface area contributed by atoms with Crippen LogP contribution < -0.4 is 0 Å². The van der Waals surface area contributed by atoms with Gasteiger partial charge in [-0.05, 0) is 32.1 Å². The molecule has 3 nitrogen and oxygen atoms in total. The van der Waals surface area contributed by atoms with Crippen molar-refractivity contribution in [2.75, 3.05) is 13.2 Å². The molecule has 3 heteroatoms. The predicted octanol–water partition coefficient (Wildman–Crippen LogP) is 2.80. The molecule has 3 aliphatic rings. The quantitative estimate of drug-likeness (QED) is 0.561. The molecule has 96 valence electrons. The summed E-state index contributed by atoms with van der Waals surface area (Å²) in [5.41, 5.74) is 0. The van der Waals surface area contributed by atoms with Crippen molar-refractivity contribution in [2.45, 2.75) is 63.5 Å². The van der Waals surface area contributed by atoms with Crippen molar-refractivity contribution in [3.8, 4) is 0 Å². The van der Waals surface area contributed by atoms with Crippen LogP contribution in [0.1, 0.15) is 51.4 Å². The lowest BCUT2D eigenvalue weighted by Crippen LogP contribution is -2.52. The lowest BCUT2D eigenvalue weighted by Gasteiger charge is -2.42.